The number of allylic oxidation sites excluding steroid dienone is 4. The van der Waals surface area contributed by atoms with Crippen molar-refractivity contribution < 1.29 is 0 Å². The lowest BCUT2D eigenvalue weighted by atomic mass is 9.73. The zero-order valence-electron chi connectivity index (χ0n) is 40.2. The van der Waals surface area contributed by atoms with Crippen molar-refractivity contribution in [1.29, 1.82) is 0 Å². The first-order valence-corrected chi connectivity index (χ1v) is 24.9. The topological polar surface area (TPSA) is 6.48 Å². The molecule has 10 aromatic carbocycles. The Hall–Kier alpha value is -8.20. The van der Waals surface area contributed by atoms with Gasteiger partial charge in [0.05, 0.1) is 22.7 Å². The Morgan fingerprint density at radius 1 is 0.343 bits per heavy atom. The van der Waals surface area contributed by atoms with Gasteiger partial charge in [0.1, 0.15) is 0 Å². The predicted octanol–water partition coefficient (Wildman–Crippen LogP) is 18.9. The number of benzene rings is 10. The van der Waals surface area contributed by atoms with Crippen molar-refractivity contribution in [2.45, 2.75) is 51.4 Å². The van der Waals surface area contributed by atoms with Gasteiger partial charge in [-0.2, -0.15) is 0 Å². The minimum Gasteiger partial charge on any atom is -0.310 e. The lowest BCUT2D eigenvalue weighted by Crippen LogP contribution is -2.30. The fourth-order valence-electron chi connectivity index (χ4n) is 12.2. The number of hydrogen-bond donors (Lipinski definition) is 0. The van der Waals surface area contributed by atoms with Crippen LogP contribution in [0.5, 0.6) is 0 Å². The molecule has 0 N–H and O–H groups in total. The van der Waals surface area contributed by atoms with Crippen molar-refractivity contribution in [3.05, 3.63) is 258 Å². The standard InChI is InChI=1S/C68H54N2/c1-67(2)57-23-11-15-27-61(57)69(62-28-16-12-24-58(62)67)51-39-41-53-55(43-51)65(49-35-31-47(32-36-49)45-19-7-5-8-20-45)54-42-40-52(44-56(54)66(53)50-37-33-48(34-38-50)46-21-9-6-10-22-46)70-63-29-17-13-25-59(63)68(3,4)60-26-14-18-30-64(60)70/h5-9,11-21,23-44H,10,22H2,1-4H3. The zero-order valence-corrected chi connectivity index (χ0v) is 40.2. The van der Waals surface area contributed by atoms with Crippen LogP contribution in [0.4, 0.5) is 34.1 Å². The molecule has 10 aromatic rings. The molecule has 0 bridgehead atoms. The Morgan fingerprint density at radius 2 is 0.714 bits per heavy atom. The summed E-state index contributed by atoms with van der Waals surface area (Å²) in [6.45, 7) is 9.45. The molecule has 0 atom stereocenters. The number of nitrogens with zero attached hydrogens (tertiary/aromatic N) is 2. The number of hydrogen-bond acceptors (Lipinski definition) is 2. The van der Waals surface area contributed by atoms with Crippen LogP contribution in [-0.4, -0.2) is 0 Å². The molecule has 2 heterocycles. The molecule has 0 unspecified atom stereocenters. The third kappa shape index (κ3) is 6.54. The summed E-state index contributed by atoms with van der Waals surface area (Å²) in [6, 6.07) is 79.8. The number of rotatable bonds is 6. The van der Waals surface area contributed by atoms with Gasteiger partial charge in [0.25, 0.3) is 0 Å². The molecule has 2 aliphatic heterocycles. The van der Waals surface area contributed by atoms with Gasteiger partial charge < -0.3 is 9.80 Å². The lowest BCUT2D eigenvalue weighted by molar-refractivity contribution is 0.632. The fourth-order valence-corrected chi connectivity index (χ4v) is 12.2. The van der Waals surface area contributed by atoms with Gasteiger partial charge in [0.15, 0.2) is 0 Å². The maximum Gasteiger partial charge on any atom is 0.0502 e. The second-order valence-electron chi connectivity index (χ2n) is 20.4. The van der Waals surface area contributed by atoms with Gasteiger partial charge in [0.2, 0.25) is 0 Å². The SMILES string of the molecule is CC1(C)c2ccccc2N(c2ccc3c(-c4ccc(-c5ccccc5)cc4)c4cc(N5c6ccccc6C(C)(C)c6ccccc65)ccc4c(-c4ccc(C5=CC=CCC5)cc4)c3c2)c2ccccc21. The third-order valence-corrected chi connectivity index (χ3v) is 15.7. The monoisotopic (exact) mass is 898 g/mol. The van der Waals surface area contributed by atoms with E-state index in [0.717, 1.165) is 24.2 Å². The average Bonchev–Trinajstić information content (AvgIpc) is 3.41. The van der Waals surface area contributed by atoms with Crippen LogP contribution in [0.2, 0.25) is 0 Å². The maximum atomic E-state index is 2.50. The van der Waals surface area contributed by atoms with E-state index < -0.39 is 0 Å². The molecule has 0 radical (unpaired) electrons. The van der Waals surface area contributed by atoms with Crippen LogP contribution in [0.1, 0.15) is 68.4 Å². The van der Waals surface area contributed by atoms with E-state index in [0.29, 0.717) is 0 Å². The van der Waals surface area contributed by atoms with Gasteiger partial charge in [-0.3, -0.25) is 0 Å². The molecule has 0 aromatic heterocycles. The van der Waals surface area contributed by atoms with Gasteiger partial charge in [0, 0.05) is 22.2 Å². The van der Waals surface area contributed by atoms with E-state index in [9.17, 15) is 0 Å². The van der Waals surface area contributed by atoms with Gasteiger partial charge in [-0.15, -0.1) is 0 Å². The van der Waals surface area contributed by atoms with Gasteiger partial charge in [-0.05, 0) is 150 Å². The Morgan fingerprint density at radius 3 is 1.13 bits per heavy atom. The fraction of sp³-hybridized carbons (Fsp3) is 0.118. The molecule has 0 amide bonds. The molecule has 1 aliphatic carbocycles. The summed E-state index contributed by atoms with van der Waals surface area (Å²) >= 11 is 0. The van der Waals surface area contributed by atoms with E-state index in [-0.39, 0.29) is 10.8 Å². The second-order valence-corrected chi connectivity index (χ2v) is 20.4. The highest BCUT2D eigenvalue weighted by Crippen LogP contribution is 2.55. The van der Waals surface area contributed by atoms with Crippen LogP contribution < -0.4 is 9.80 Å². The Balaban J connectivity index is 1.11. The molecule has 0 saturated heterocycles. The van der Waals surface area contributed by atoms with Crippen molar-refractivity contribution in [2.75, 3.05) is 9.80 Å². The van der Waals surface area contributed by atoms with Gasteiger partial charge >= 0.3 is 0 Å². The Labute approximate surface area is 412 Å². The van der Waals surface area contributed by atoms with Crippen molar-refractivity contribution in [3.8, 4) is 33.4 Å². The first kappa shape index (κ1) is 41.9. The first-order valence-electron chi connectivity index (χ1n) is 24.9. The van der Waals surface area contributed by atoms with Gasteiger partial charge in [-0.25, -0.2) is 0 Å². The number of anilines is 6. The van der Waals surface area contributed by atoms with Crippen molar-refractivity contribution >= 4 is 61.2 Å². The summed E-state index contributed by atoms with van der Waals surface area (Å²) in [4.78, 5) is 5.00. The average molecular weight is 899 g/mol. The minimum atomic E-state index is -0.158. The van der Waals surface area contributed by atoms with Crippen molar-refractivity contribution in [1.82, 2.24) is 0 Å². The molecule has 13 rings (SSSR count). The molecule has 3 aliphatic rings. The third-order valence-electron chi connectivity index (χ3n) is 15.7. The Bertz CT molecular complexity index is 3660. The van der Waals surface area contributed by atoms with Crippen molar-refractivity contribution in [2.24, 2.45) is 0 Å². The quantitative estimate of drug-likeness (QED) is 0.153. The zero-order chi connectivity index (χ0) is 47.1. The van der Waals surface area contributed by atoms with Gasteiger partial charge in [-0.1, -0.05) is 210 Å². The van der Waals surface area contributed by atoms with E-state index in [1.165, 1.54) is 111 Å². The summed E-state index contributed by atoms with van der Waals surface area (Å²) < 4.78 is 0. The highest BCUT2D eigenvalue weighted by Gasteiger charge is 2.38. The summed E-state index contributed by atoms with van der Waals surface area (Å²) in [5.74, 6) is 0. The number of para-hydroxylation sites is 4. The lowest BCUT2D eigenvalue weighted by Gasteiger charge is -2.42. The predicted molar refractivity (Wildman–Crippen MR) is 298 cm³/mol. The van der Waals surface area contributed by atoms with E-state index in [1.54, 1.807) is 0 Å². The maximum absolute atomic E-state index is 2.50. The molecule has 2 nitrogen and oxygen atoms in total. The van der Waals surface area contributed by atoms with Crippen molar-refractivity contribution in [3.63, 3.8) is 0 Å². The molecule has 0 fully saturated rings. The normalized spacial score (nSPS) is 15.2. The van der Waals surface area contributed by atoms with Crippen LogP contribution in [0, 0.1) is 0 Å². The van der Waals surface area contributed by atoms with Crippen LogP contribution in [0.25, 0.3) is 60.5 Å². The summed E-state index contributed by atoms with van der Waals surface area (Å²) in [5, 5.41) is 4.89. The highest BCUT2D eigenvalue weighted by atomic mass is 15.2. The van der Waals surface area contributed by atoms with E-state index in [1.807, 2.05) is 0 Å². The largest absolute Gasteiger partial charge is 0.310 e. The summed E-state index contributed by atoms with van der Waals surface area (Å²) in [7, 11) is 0. The smallest absolute Gasteiger partial charge is 0.0502 e. The van der Waals surface area contributed by atoms with Crippen LogP contribution in [0.3, 0.4) is 0 Å². The molecule has 336 valence electrons. The highest BCUT2D eigenvalue weighted by molar-refractivity contribution is 6.23. The molecule has 2 heteroatoms. The van der Waals surface area contributed by atoms with E-state index in [2.05, 4.69) is 268 Å². The van der Waals surface area contributed by atoms with E-state index in [4.69, 9.17) is 0 Å². The molecule has 0 spiro atoms. The summed E-state index contributed by atoms with van der Waals surface area (Å²) in [5.41, 5.74) is 22.1. The molecule has 0 saturated carbocycles. The van der Waals surface area contributed by atoms with Crippen LogP contribution in [0.15, 0.2) is 231 Å². The number of fused-ring (bicyclic) bond motifs is 6. The molecular formula is C68H54N2. The minimum absolute atomic E-state index is 0.158. The summed E-state index contributed by atoms with van der Waals surface area (Å²) in [6.07, 6.45) is 8.88. The molecule has 70 heavy (non-hydrogen) atoms. The Kier molecular flexibility index (Phi) is 9.72. The molecular weight excluding hydrogens is 845 g/mol. The van der Waals surface area contributed by atoms with E-state index >= 15 is 0 Å². The van der Waals surface area contributed by atoms with Crippen LogP contribution >= 0.6 is 0 Å². The first-order chi connectivity index (χ1) is 34.3. The van der Waals surface area contributed by atoms with Crippen LogP contribution in [-0.2, 0) is 10.8 Å². The second kappa shape index (κ2) is 16.2.